The van der Waals surface area contributed by atoms with E-state index < -0.39 is 0 Å². The predicted octanol–water partition coefficient (Wildman–Crippen LogP) is 4.50. The van der Waals surface area contributed by atoms with E-state index in [-0.39, 0.29) is 10.6 Å². The highest BCUT2D eigenvalue weighted by molar-refractivity contribution is 6.09. The smallest absolute Gasteiger partial charge is 0.270 e. The van der Waals surface area contributed by atoms with Crippen molar-refractivity contribution in [3.05, 3.63) is 52.1 Å². The van der Waals surface area contributed by atoms with Gasteiger partial charge < -0.3 is 9.47 Å². The minimum Gasteiger partial charge on any atom is -0.340 e. The summed E-state index contributed by atoms with van der Waals surface area (Å²) in [5.41, 5.74) is 3.59. The van der Waals surface area contributed by atoms with Crippen LogP contribution < -0.4 is 0 Å². The van der Waals surface area contributed by atoms with Crippen molar-refractivity contribution in [3.8, 4) is 0 Å². The molecule has 130 valence electrons. The van der Waals surface area contributed by atoms with Gasteiger partial charge >= 0.3 is 0 Å². The monoisotopic (exact) mass is 337 g/mol. The molecule has 0 amide bonds. The first-order chi connectivity index (χ1) is 12.0. The maximum absolute atomic E-state index is 11.2. The van der Waals surface area contributed by atoms with E-state index >= 15 is 0 Å². The highest BCUT2D eigenvalue weighted by atomic mass is 16.6. The van der Waals surface area contributed by atoms with Crippen molar-refractivity contribution in [3.63, 3.8) is 0 Å². The SMILES string of the molecule is Cc1ccc2c(c1)c1cc([N+](=O)[O-])ccc1n2CCC1CCCN1C. The highest BCUT2D eigenvalue weighted by Gasteiger charge is 2.21. The van der Waals surface area contributed by atoms with Crippen molar-refractivity contribution in [2.24, 2.45) is 0 Å². The van der Waals surface area contributed by atoms with Gasteiger partial charge in [-0.25, -0.2) is 0 Å². The lowest BCUT2D eigenvalue weighted by Gasteiger charge is -2.20. The third-order valence-corrected chi connectivity index (χ3v) is 5.57. The van der Waals surface area contributed by atoms with Crippen LogP contribution in [0.2, 0.25) is 0 Å². The molecule has 2 heterocycles. The van der Waals surface area contributed by atoms with Gasteiger partial charge in [-0.2, -0.15) is 0 Å². The number of fused-ring (bicyclic) bond motifs is 3. The molecule has 3 aromatic rings. The van der Waals surface area contributed by atoms with E-state index in [9.17, 15) is 10.1 Å². The van der Waals surface area contributed by atoms with E-state index in [1.807, 2.05) is 6.07 Å². The summed E-state index contributed by atoms with van der Waals surface area (Å²) in [6.45, 7) is 4.19. The van der Waals surface area contributed by atoms with Crippen molar-refractivity contribution in [1.82, 2.24) is 9.47 Å². The van der Waals surface area contributed by atoms with Crippen LogP contribution in [0, 0.1) is 17.0 Å². The fourth-order valence-electron chi connectivity index (χ4n) is 4.18. The molecule has 0 bridgehead atoms. The average molecular weight is 337 g/mol. The van der Waals surface area contributed by atoms with Gasteiger partial charge in [0.25, 0.3) is 5.69 Å². The molecule has 2 aromatic carbocycles. The Labute approximate surface area is 147 Å². The maximum Gasteiger partial charge on any atom is 0.270 e. The molecular formula is C20H23N3O2. The first-order valence-corrected chi connectivity index (χ1v) is 8.92. The van der Waals surface area contributed by atoms with Crippen LogP contribution >= 0.6 is 0 Å². The average Bonchev–Trinajstić information content (AvgIpc) is 3.13. The van der Waals surface area contributed by atoms with Crippen molar-refractivity contribution in [2.75, 3.05) is 13.6 Å². The molecule has 1 saturated heterocycles. The number of benzene rings is 2. The fourth-order valence-corrected chi connectivity index (χ4v) is 4.18. The number of likely N-dealkylation sites (tertiary alicyclic amines) is 1. The Bertz CT molecular complexity index is 960. The van der Waals surface area contributed by atoms with Crippen LogP contribution in [0.5, 0.6) is 0 Å². The van der Waals surface area contributed by atoms with Gasteiger partial charge in [0.05, 0.1) is 4.92 Å². The summed E-state index contributed by atoms with van der Waals surface area (Å²) in [5.74, 6) is 0. The molecule has 1 fully saturated rings. The van der Waals surface area contributed by atoms with Crippen LogP contribution in [-0.2, 0) is 6.54 Å². The number of non-ortho nitro benzene ring substituents is 1. The Morgan fingerprint density at radius 3 is 2.56 bits per heavy atom. The molecule has 5 heteroatoms. The summed E-state index contributed by atoms with van der Waals surface area (Å²) in [5, 5.41) is 13.3. The zero-order chi connectivity index (χ0) is 17.6. The molecule has 0 spiro atoms. The second kappa shape index (κ2) is 6.15. The second-order valence-electron chi connectivity index (χ2n) is 7.20. The molecule has 25 heavy (non-hydrogen) atoms. The third kappa shape index (κ3) is 2.78. The minimum atomic E-state index is -0.314. The van der Waals surface area contributed by atoms with Crippen LogP contribution in [0.25, 0.3) is 21.8 Å². The zero-order valence-electron chi connectivity index (χ0n) is 14.7. The maximum atomic E-state index is 11.2. The van der Waals surface area contributed by atoms with Crippen molar-refractivity contribution < 1.29 is 4.92 Å². The quantitative estimate of drug-likeness (QED) is 0.520. The minimum absolute atomic E-state index is 0.156. The molecule has 1 atom stereocenters. The molecule has 1 aromatic heterocycles. The first kappa shape index (κ1) is 16.1. The van der Waals surface area contributed by atoms with E-state index in [1.165, 1.54) is 30.5 Å². The van der Waals surface area contributed by atoms with Gasteiger partial charge in [0.1, 0.15) is 0 Å². The van der Waals surface area contributed by atoms with Crippen LogP contribution in [0.15, 0.2) is 36.4 Å². The van der Waals surface area contributed by atoms with Gasteiger partial charge in [0.15, 0.2) is 0 Å². The predicted molar refractivity (Wildman–Crippen MR) is 101 cm³/mol. The lowest BCUT2D eigenvalue weighted by Crippen LogP contribution is -2.26. The van der Waals surface area contributed by atoms with Crippen LogP contribution in [0.4, 0.5) is 5.69 Å². The van der Waals surface area contributed by atoms with E-state index in [2.05, 4.69) is 41.6 Å². The molecule has 5 nitrogen and oxygen atoms in total. The molecule has 0 radical (unpaired) electrons. The molecular weight excluding hydrogens is 314 g/mol. The molecule has 0 aliphatic carbocycles. The Kier molecular flexibility index (Phi) is 3.96. The van der Waals surface area contributed by atoms with Crippen LogP contribution in [-0.4, -0.2) is 34.0 Å². The van der Waals surface area contributed by atoms with E-state index in [1.54, 1.807) is 12.1 Å². The molecule has 1 aliphatic rings. The molecule has 1 aliphatic heterocycles. The topological polar surface area (TPSA) is 51.3 Å². The van der Waals surface area contributed by atoms with Gasteiger partial charge in [-0.15, -0.1) is 0 Å². The normalized spacial score (nSPS) is 18.4. The summed E-state index contributed by atoms with van der Waals surface area (Å²) < 4.78 is 2.33. The van der Waals surface area contributed by atoms with Gasteiger partial charge in [-0.1, -0.05) is 11.6 Å². The summed E-state index contributed by atoms with van der Waals surface area (Å²) >= 11 is 0. The first-order valence-electron chi connectivity index (χ1n) is 8.92. The van der Waals surface area contributed by atoms with E-state index in [0.29, 0.717) is 6.04 Å². The zero-order valence-corrected chi connectivity index (χ0v) is 14.7. The number of hydrogen-bond donors (Lipinski definition) is 0. The largest absolute Gasteiger partial charge is 0.340 e. The van der Waals surface area contributed by atoms with Crippen molar-refractivity contribution >= 4 is 27.5 Å². The number of nitro groups is 1. The Morgan fingerprint density at radius 1 is 1.16 bits per heavy atom. The fraction of sp³-hybridized carbons (Fsp3) is 0.400. The number of rotatable bonds is 4. The molecule has 0 N–H and O–H groups in total. The lowest BCUT2D eigenvalue weighted by atomic mass is 10.1. The van der Waals surface area contributed by atoms with Crippen molar-refractivity contribution in [2.45, 2.75) is 38.8 Å². The molecule has 0 saturated carbocycles. The summed E-state index contributed by atoms with van der Waals surface area (Å²) in [4.78, 5) is 13.3. The highest BCUT2D eigenvalue weighted by Crippen LogP contribution is 2.33. The number of aromatic nitrogens is 1. The molecule has 1 unspecified atom stereocenters. The lowest BCUT2D eigenvalue weighted by molar-refractivity contribution is -0.384. The molecule has 4 rings (SSSR count). The standard InChI is InChI=1S/C20H23N3O2/c1-14-5-7-19-17(12-14)18-13-16(23(24)25)6-8-20(18)22(19)11-9-15-4-3-10-21(15)2/h5-8,12-13,15H,3-4,9-11H2,1-2H3. The number of hydrogen-bond acceptors (Lipinski definition) is 3. The number of nitrogens with zero attached hydrogens (tertiary/aromatic N) is 3. The summed E-state index contributed by atoms with van der Waals surface area (Å²) in [6, 6.07) is 12.3. The Morgan fingerprint density at radius 2 is 1.88 bits per heavy atom. The van der Waals surface area contributed by atoms with E-state index in [0.717, 1.165) is 29.3 Å². The van der Waals surface area contributed by atoms with E-state index in [4.69, 9.17) is 0 Å². The van der Waals surface area contributed by atoms with Gasteiger partial charge in [-0.05, 0) is 58.0 Å². The Hall–Kier alpha value is -2.40. The van der Waals surface area contributed by atoms with Crippen LogP contribution in [0.1, 0.15) is 24.8 Å². The van der Waals surface area contributed by atoms with Crippen molar-refractivity contribution in [1.29, 1.82) is 0 Å². The Balaban J connectivity index is 1.82. The number of aryl methyl sites for hydroxylation is 2. The second-order valence-corrected chi connectivity index (χ2v) is 7.20. The summed E-state index contributed by atoms with van der Waals surface area (Å²) in [7, 11) is 2.20. The third-order valence-electron chi connectivity index (χ3n) is 5.57. The van der Waals surface area contributed by atoms with Crippen LogP contribution in [0.3, 0.4) is 0 Å². The summed E-state index contributed by atoms with van der Waals surface area (Å²) in [6.07, 6.45) is 3.65. The van der Waals surface area contributed by atoms with Gasteiger partial charge in [-0.3, -0.25) is 10.1 Å². The number of nitro benzene ring substituents is 1. The van der Waals surface area contributed by atoms with Gasteiger partial charge in [0.2, 0.25) is 0 Å². The van der Waals surface area contributed by atoms with Gasteiger partial charge in [0, 0.05) is 46.5 Å².